The van der Waals surface area contributed by atoms with Crippen molar-refractivity contribution in [3.63, 3.8) is 0 Å². The average Bonchev–Trinajstić information content (AvgIpc) is 3.14. The molecule has 0 radical (unpaired) electrons. The summed E-state index contributed by atoms with van der Waals surface area (Å²) in [6.07, 6.45) is 5.49. The molecule has 0 aliphatic rings. The summed E-state index contributed by atoms with van der Waals surface area (Å²) in [6.45, 7) is 0.203. The predicted molar refractivity (Wildman–Crippen MR) is 101 cm³/mol. The summed E-state index contributed by atoms with van der Waals surface area (Å²) in [4.78, 5) is 20.3. The molecule has 1 aromatic carbocycles. The van der Waals surface area contributed by atoms with Crippen molar-refractivity contribution in [1.29, 1.82) is 0 Å². The van der Waals surface area contributed by atoms with E-state index in [1.807, 2.05) is 6.07 Å². The molecule has 0 bridgehead atoms. The fourth-order valence-corrected chi connectivity index (χ4v) is 3.28. The third kappa shape index (κ3) is 5.71. The number of benzene rings is 1. The number of hydrogen-bond acceptors (Lipinski definition) is 8. The van der Waals surface area contributed by atoms with Crippen LogP contribution < -0.4 is 0 Å². The van der Waals surface area contributed by atoms with Crippen LogP contribution >= 0.6 is 0 Å². The van der Waals surface area contributed by atoms with E-state index in [0.29, 0.717) is 35.7 Å². The maximum atomic E-state index is 12.0. The van der Waals surface area contributed by atoms with Gasteiger partial charge in [0, 0.05) is 30.6 Å². The van der Waals surface area contributed by atoms with E-state index < -0.39 is 15.8 Å². The van der Waals surface area contributed by atoms with E-state index in [0.717, 1.165) is 11.8 Å². The summed E-state index contributed by atoms with van der Waals surface area (Å²) in [5.41, 5.74) is 1.76. The van der Waals surface area contributed by atoms with Gasteiger partial charge in [-0.3, -0.25) is 4.98 Å². The Morgan fingerprint density at radius 1 is 1.18 bits per heavy atom. The molecule has 0 N–H and O–H groups in total. The zero-order valence-electron chi connectivity index (χ0n) is 15.2. The van der Waals surface area contributed by atoms with Crippen LogP contribution in [0.5, 0.6) is 0 Å². The van der Waals surface area contributed by atoms with Crippen molar-refractivity contribution < 1.29 is 22.5 Å². The van der Waals surface area contributed by atoms with Crippen LogP contribution in [0, 0.1) is 0 Å². The first-order chi connectivity index (χ1) is 13.4. The number of carbonyl (C=O) groups excluding carboxylic acids is 1. The summed E-state index contributed by atoms with van der Waals surface area (Å²) in [5.74, 6) is 0.398. The van der Waals surface area contributed by atoms with E-state index in [2.05, 4.69) is 15.1 Å². The summed E-state index contributed by atoms with van der Waals surface area (Å²) >= 11 is 0. The number of ether oxygens (including phenoxy) is 1. The summed E-state index contributed by atoms with van der Waals surface area (Å²) in [6, 6.07) is 9.96. The Morgan fingerprint density at radius 3 is 2.64 bits per heavy atom. The van der Waals surface area contributed by atoms with Gasteiger partial charge in [0.15, 0.2) is 9.84 Å². The Kier molecular flexibility index (Phi) is 6.15. The van der Waals surface area contributed by atoms with E-state index in [9.17, 15) is 13.2 Å². The van der Waals surface area contributed by atoms with Crippen LogP contribution in [0.25, 0.3) is 11.4 Å². The molecule has 9 heteroatoms. The van der Waals surface area contributed by atoms with E-state index in [1.54, 1.807) is 42.7 Å². The number of hydrogen-bond donors (Lipinski definition) is 0. The third-order valence-electron chi connectivity index (χ3n) is 3.77. The van der Waals surface area contributed by atoms with Crippen LogP contribution in [0.4, 0.5) is 0 Å². The van der Waals surface area contributed by atoms with Gasteiger partial charge < -0.3 is 9.26 Å². The number of aromatic nitrogens is 3. The Balaban J connectivity index is 1.45. The van der Waals surface area contributed by atoms with Gasteiger partial charge in [-0.2, -0.15) is 4.98 Å². The van der Waals surface area contributed by atoms with Crippen molar-refractivity contribution >= 4 is 15.8 Å². The lowest BCUT2D eigenvalue weighted by Crippen LogP contribution is -2.08. The van der Waals surface area contributed by atoms with Crippen LogP contribution in [0.1, 0.15) is 28.2 Å². The normalized spacial score (nSPS) is 11.3. The molecule has 146 valence electrons. The van der Waals surface area contributed by atoms with Crippen LogP contribution in [-0.2, 0) is 26.7 Å². The fraction of sp³-hybridized carbons (Fsp3) is 0.263. The lowest BCUT2D eigenvalue weighted by atomic mass is 10.1. The van der Waals surface area contributed by atoms with Gasteiger partial charge in [-0.25, -0.2) is 13.2 Å². The lowest BCUT2D eigenvalue weighted by Gasteiger charge is -2.05. The topological polar surface area (TPSA) is 112 Å². The minimum absolute atomic E-state index is 0.0620. The Morgan fingerprint density at radius 2 is 1.96 bits per heavy atom. The van der Waals surface area contributed by atoms with Crippen LogP contribution in [0.3, 0.4) is 0 Å². The predicted octanol–water partition coefficient (Wildman–Crippen LogP) is 2.47. The largest absolute Gasteiger partial charge is 0.462 e. The SMILES string of the molecule is CS(=O)(=O)Cc1ccc(C(=O)OCCCc2nc(-c3cccnc3)no2)cc1. The summed E-state index contributed by atoms with van der Waals surface area (Å²) in [7, 11) is -3.11. The molecule has 0 amide bonds. The molecule has 0 unspecified atom stereocenters. The average molecular weight is 401 g/mol. The van der Waals surface area contributed by atoms with E-state index >= 15 is 0 Å². The van der Waals surface area contributed by atoms with Gasteiger partial charge in [0.25, 0.3) is 0 Å². The van der Waals surface area contributed by atoms with Crippen molar-refractivity contribution in [2.24, 2.45) is 0 Å². The Bertz CT molecular complexity index is 1030. The summed E-state index contributed by atoms with van der Waals surface area (Å²) in [5, 5.41) is 3.90. The zero-order chi connectivity index (χ0) is 20.0. The molecule has 0 fully saturated rings. The molecule has 0 atom stereocenters. The van der Waals surface area contributed by atoms with Crippen LogP contribution in [0.15, 0.2) is 53.3 Å². The van der Waals surface area contributed by atoms with E-state index in [1.165, 1.54) is 0 Å². The number of pyridine rings is 1. The minimum atomic E-state index is -3.11. The van der Waals surface area contributed by atoms with Crippen molar-refractivity contribution in [1.82, 2.24) is 15.1 Å². The second-order valence-corrected chi connectivity index (χ2v) is 8.40. The van der Waals surface area contributed by atoms with Gasteiger partial charge in [0.2, 0.25) is 11.7 Å². The highest BCUT2D eigenvalue weighted by Gasteiger charge is 2.11. The first-order valence-corrected chi connectivity index (χ1v) is 10.6. The minimum Gasteiger partial charge on any atom is -0.462 e. The molecule has 3 rings (SSSR count). The first kappa shape index (κ1) is 19.7. The number of aryl methyl sites for hydroxylation is 1. The molecule has 0 saturated carbocycles. The maximum absolute atomic E-state index is 12.0. The molecule has 0 aliphatic heterocycles. The van der Waals surface area contributed by atoms with E-state index in [4.69, 9.17) is 9.26 Å². The zero-order valence-corrected chi connectivity index (χ0v) is 16.1. The fourth-order valence-electron chi connectivity index (χ4n) is 2.48. The molecule has 0 aliphatic carbocycles. The van der Waals surface area contributed by atoms with Gasteiger partial charge >= 0.3 is 5.97 Å². The number of nitrogens with zero attached hydrogens (tertiary/aromatic N) is 3. The molecule has 2 aromatic heterocycles. The smallest absolute Gasteiger partial charge is 0.338 e. The van der Waals surface area contributed by atoms with Gasteiger partial charge in [-0.1, -0.05) is 17.3 Å². The van der Waals surface area contributed by atoms with Crippen molar-refractivity contribution in [2.75, 3.05) is 12.9 Å². The third-order valence-corrected chi connectivity index (χ3v) is 4.63. The number of esters is 1. The number of carbonyl (C=O) groups is 1. The molecule has 0 spiro atoms. The molecule has 8 nitrogen and oxygen atoms in total. The Labute approximate surface area is 162 Å². The second-order valence-electron chi connectivity index (χ2n) is 6.26. The monoisotopic (exact) mass is 401 g/mol. The van der Waals surface area contributed by atoms with Crippen LogP contribution in [0.2, 0.25) is 0 Å². The van der Waals surface area contributed by atoms with Crippen molar-refractivity contribution in [3.05, 3.63) is 65.8 Å². The van der Waals surface area contributed by atoms with Gasteiger partial charge in [0.1, 0.15) is 0 Å². The van der Waals surface area contributed by atoms with Gasteiger partial charge in [0.05, 0.1) is 17.9 Å². The first-order valence-electron chi connectivity index (χ1n) is 8.57. The number of rotatable bonds is 8. The maximum Gasteiger partial charge on any atom is 0.338 e. The highest BCUT2D eigenvalue weighted by Crippen LogP contribution is 2.14. The highest BCUT2D eigenvalue weighted by atomic mass is 32.2. The molecular weight excluding hydrogens is 382 g/mol. The standard InChI is InChI=1S/C19H19N3O5S/c1-28(24,25)13-14-6-8-15(9-7-14)19(23)26-11-3-5-17-21-18(22-27-17)16-4-2-10-20-12-16/h2,4,6-10,12H,3,5,11,13H2,1H3. The molecule has 0 saturated heterocycles. The van der Waals surface area contributed by atoms with Crippen LogP contribution in [-0.4, -0.2) is 42.4 Å². The molecule has 3 aromatic rings. The van der Waals surface area contributed by atoms with Gasteiger partial charge in [-0.05, 0) is 36.2 Å². The molecular formula is C19H19N3O5S. The lowest BCUT2D eigenvalue weighted by molar-refractivity contribution is 0.0498. The molecule has 28 heavy (non-hydrogen) atoms. The second kappa shape index (κ2) is 8.75. The van der Waals surface area contributed by atoms with Gasteiger partial charge in [-0.15, -0.1) is 0 Å². The summed E-state index contributed by atoms with van der Waals surface area (Å²) < 4.78 is 33.0. The Hall–Kier alpha value is -3.07. The van der Waals surface area contributed by atoms with E-state index in [-0.39, 0.29) is 12.4 Å². The highest BCUT2D eigenvalue weighted by molar-refractivity contribution is 7.89. The van der Waals surface area contributed by atoms with Crippen molar-refractivity contribution in [2.45, 2.75) is 18.6 Å². The van der Waals surface area contributed by atoms with Crippen molar-refractivity contribution in [3.8, 4) is 11.4 Å². The molecule has 2 heterocycles. The number of sulfone groups is 1. The quantitative estimate of drug-likeness (QED) is 0.418.